The second-order valence-electron chi connectivity index (χ2n) is 8.89. The standard InChI is InChI=1S/C29H42ClN/c1-11-13-14-25-19-28(23(8)18-29(25)30)26(21(5)6)17-22(7)27(16-20(3)4)24(9)31(10)15-12-2/h16-19H,5,9,11-15H2,1-4,6-8,10H3/b26-17+,27-22-. The Morgan fingerprint density at radius 2 is 1.68 bits per heavy atom. The predicted molar refractivity (Wildman–Crippen MR) is 142 cm³/mol. The fourth-order valence-corrected chi connectivity index (χ4v) is 3.99. The van der Waals surface area contributed by atoms with Gasteiger partial charge in [0.05, 0.1) is 0 Å². The van der Waals surface area contributed by atoms with Crippen molar-refractivity contribution in [1.82, 2.24) is 4.90 Å². The molecule has 1 rings (SSSR count). The molecular weight excluding hydrogens is 398 g/mol. The average molecular weight is 440 g/mol. The summed E-state index contributed by atoms with van der Waals surface area (Å²) < 4.78 is 0. The minimum absolute atomic E-state index is 0.864. The van der Waals surface area contributed by atoms with E-state index in [2.05, 4.69) is 97.9 Å². The van der Waals surface area contributed by atoms with Gasteiger partial charge in [-0.2, -0.15) is 0 Å². The van der Waals surface area contributed by atoms with E-state index >= 15 is 0 Å². The number of rotatable bonds is 11. The zero-order valence-electron chi connectivity index (χ0n) is 21.1. The Balaban J connectivity index is 3.66. The number of benzene rings is 1. The van der Waals surface area contributed by atoms with Crippen LogP contribution < -0.4 is 0 Å². The molecule has 1 nitrogen and oxygen atoms in total. The maximum atomic E-state index is 6.56. The summed E-state index contributed by atoms with van der Waals surface area (Å²) in [5, 5.41) is 0.864. The van der Waals surface area contributed by atoms with E-state index in [1.54, 1.807) is 0 Å². The summed E-state index contributed by atoms with van der Waals surface area (Å²) in [6.45, 7) is 24.7. The van der Waals surface area contributed by atoms with E-state index in [-0.39, 0.29) is 0 Å². The fourth-order valence-electron chi connectivity index (χ4n) is 3.68. The van der Waals surface area contributed by atoms with Crippen LogP contribution in [-0.2, 0) is 6.42 Å². The molecule has 0 aliphatic rings. The third-order valence-corrected chi connectivity index (χ3v) is 5.84. The topological polar surface area (TPSA) is 3.24 Å². The quantitative estimate of drug-likeness (QED) is 0.310. The van der Waals surface area contributed by atoms with Crippen molar-refractivity contribution in [2.45, 2.75) is 74.1 Å². The molecule has 0 aliphatic carbocycles. The van der Waals surface area contributed by atoms with Gasteiger partial charge >= 0.3 is 0 Å². The first-order valence-corrected chi connectivity index (χ1v) is 11.8. The highest BCUT2D eigenvalue weighted by molar-refractivity contribution is 6.31. The lowest BCUT2D eigenvalue weighted by molar-refractivity contribution is 0.427. The van der Waals surface area contributed by atoms with Crippen LogP contribution in [0.1, 0.15) is 77.5 Å². The summed E-state index contributed by atoms with van der Waals surface area (Å²) in [5.41, 5.74) is 10.5. The van der Waals surface area contributed by atoms with Crippen LogP contribution in [0.15, 0.2) is 65.4 Å². The van der Waals surface area contributed by atoms with Crippen molar-refractivity contribution in [3.63, 3.8) is 0 Å². The number of hydrogen-bond acceptors (Lipinski definition) is 1. The maximum Gasteiger partial charge on any atom is 0.0441 e. The number of halogens is 1. The van der Waals surface area contributed by atoms with E-state index in [0.29, 0.717) is 0 Å². The monoisotopic (exact) mass is 439 g/mol. The summed E-state index contributed by atoms with van der Waals surface area (Å²) in [7, 11) is 2.12. The molecule has 0 radical (unpaired) electrons. The van der Waals surface area contributed by atoms with Crippen molar-refractivity contribution < 1.29 is 0 Å². The van der Waals surface area contributed by atoms with E-state index < -0.39 is 0 Å². The van der Waals surface area contributed by atoms with E-state index in [0.717, 1.165) is 54.1 Å². The first kappa shape index (κ1) is 27.0. The van der Waals surface area contributed by atoms with Gasteiger partial charge in [0.1, 0.15) is 0 Å². The SMILES string of the molecule is C=C(C)/C(=C\C(C)=C(\C=C(C)C)C(=C)N(C)CCC)c1cc(CCCC)c(Cl)cc1C. The largest absolute Gasteiger partial charge is 0.375 e. The number of hydrogen-bond donors (Lipinski definition) is 0. The number of nitrogens with zero attached hydrogens (tertiary/aromatic N) is 1. The molecule has 0 heterocycles. The van der Waals surface area contributed by atoms with Crippen molar-refractivity contribution in [2.75, 3.05) is 13.6 Å². The summed E-state index contributed by atoms with van der Waals surface area (Å²) in [6, 6.07) is 4.36. The first-order chi connectivity index (χ1) is 14.5. The highest BCUT2D eigenvalue weighted by atomic mass is 35.5. The molecule has 0 amide bonds. The molecule has 0 bridgehead atoms. The van der Waals surface area contributed by atoms with Gasteiger partial charge in [0, 0.05) is 29.9 Å². The van der Waals surface area contributed by atoms with Crippen LogP contribution >= 0.6 is 11.6 Å². The third-order valence-electron chi connectivity index (χ3n) is 5.49. The molecule has 31 heavy (non-hydrogen) atoms. The second kappa shape index (κ2) is 12.8. The van der Waals surface area contributed by atoms with Gasteiger partial charge in [-0.3, -0.25) is 0 Å². The molecular formula is C29H42ClN. The van der Waals surface area contributed by atoms with Gasteiger partial charge in [0.2, 0.25) is 0 Å². The van der Waals surface area contributed by atoms with Gasteiger partial charge < -0.3 is 4.90 Å². The maximum absolute atomic E-state index is 6.56. The molecule has 0 atom stereocenters. The Hall–Kier alpha value is -1.99. The van der Waals surface area contributed by atoms with E-state index in [4.69, 9.17) is 11.6 Å². The van der Waals surface area contributed by atoms with E-state index in [9.17, 15) is 0 Å². The normalized spacial score (nSPS) is 12.4. The van der Waals surface area contributed by atoms with Gasteiger partial charge in [-0.25, -0.2) is 0 Å². The molecule has 170 valence electrons. The number of unbranched alkanes of at least 4 members (excludes halogenated alkanes) is 1. The highest BCUT2D eigenvalue weighted by Crippen LogP contribution is 2.32. The van der Waals surface area contributed by atoms with E-state index in [1.807, 2.05) is 0 Å². The van der Waals surface area contributed by atoms with Crippen molar-refractivity contribution in [3.8, 4) is 0 Å². The van der Waals surface area contributed by atoms with Gasteiger partial charge in [-0.05, 0) is 93.9 Å². The molecule has 0 aliphatic heterocycles. The van der Waals surface area contributed by atoms with Crippen molar-refractivity contribution in [2.24, 2.45) is 0 Å². The summed E-state index contributed by atoms with van der Waals surface area (Å²) in [5.74, 6) is 0. The van der Waals surface area contributed by atoms with Crippen LogP contribution in [0.25, 0.3) is 5.57 Å². The van der Waals surface area contributed by atoms with Crippen molar-refractivity contribution >= 4 is 17.2 Å². The van der Waals surface area contributed by atoms with Gasteiger partial charge in [0.15, 0.2) is 0 Å². The smallest absolute Gasteiger partial charge is 0.0441 e. The van der Waals surface area contributed by atoms with Crippen LogP contribution in [0.4, 0.5) is 0 Å². The predicted octanol–water partition coefficient (Wildman–Crippen LogP) is 9.09. The van der Waals surface area contributed by atoms with Crippen molar-refractivity contribution in [3.05, 3.63) is 87.1 Å². The lowest BCUT2D eigenvalue weighted by Crippen LogP contribution is -2.19. The zero-order chi connectivity index (χ0) is 23.7. The molecule has 0 spiro atoms. The Kier molecular flexibility index (Phi) is 11.1. The average Bonchev–Trinajstić information content (AvgIpc) is 2.69. The van der Waals surface area contributed by atoms with Gasteiger partial charge in [0.25, 0.3) is 0 Å². The summed E-state index contributed by atoms with van der Waals surface area (Å²) >= 11 is 6.56. The number of aryl methyl sites for hydroxylation is 2. The Bertz CT molecular complexity index is 892. The van der Waals surface area contributed by atoms with E-state index in [1.165, 1.54) is 33.4 Å². The molecule has 0 fully saturated rings. The minimum Gasteiger partial charge on any atom is -0.375 e. The highest BCUT2D eigenvalue weighted by Gasteiger charge is 2.13. The lowest BCUT2D eigenvalue weighted by Gasteiger charge is -2.24. The van der Waals surface area contributed by atoms with Crippen LogP contribution in [0.5, 0.6) is 0 Å². The van der Waals surface area contributed by atoms with Crippen LogP contribution in [0.3, 0.4) is 0 Å². The molecule has 0 saturated heterocycles. The van der Waals surface area contributed by atoms with Crippen molar-refractivity contribution in [1.29, 1.82) is 0 Å². The van der Waals surface area contributed by atoms with Gasteiger partial charge in [-0.1, -0.05) is 68.3 Å². The molecule has 2 heteroatoms. The third kappa shape index (κ3) is 7.89. The Morgan fingerprint density at radius 3 is 2.19 bits per heavy atom. The minimum atomic E-state index is 0.864. The fraction of sp³-hybridized carbons (Fsp3) is 0.448. The molecule has 1 aromatic carbocycles. The summed E-state index contributed by atoms with van der Waals surface area (Å²) in [4.78, 5) is 2.24. The van der Waals surface area contributed by atoms with Crippen LogP contribution in [0.2, 0.25) is 5.02 Å². The zero-order valence-corrected chi connectivity index (χ0v) is 21.8. The first-order valence-electron chi connectivity index (χ1n) is 11.5. The molecule has 0 N–H and O–H groups in total. The number of allylic oxidation sites excluding steroid dienone is 6. The van der Waals surface area contributed by atoms with Crippen LogP contribution in [0, 0.1) is 6.92 Å². The van der Waals surface area contributed by atoms with Crippen LogP contribution in [-0.4, -0.2) is 18.5 Å². The second-order valence-corrected chi connectivity index (χ2v) is 9.29. The molecule has 0 saturated carbocycles. The Morgan fingerprint density at radius 1 is 1.03 bits per heavy atom. The number of likely N-dealkylation sites (N-methyl/N-ethyl adjacent to an activating group) is 1. The molecule has 0 aromatic heterocycles. The molecule has 1 aromatic rings. The molecule has 0 unspecified atom stereocenters. The van der Waals surface area contributed by atoms with Gasteiger partial charge in [-0.15, -0.1) is 0 Å². The Labute approximate surface area is 196 Å². The summed E-state index contributed by atoms with van der Waals surface area (Å²) in [6.07, 6.45) is 8.89. The lowest BCUT2D eigenvalue weighted by atomic mass is 9.90.